The van der Waals surface area contributed by atoms with Crippen molar-refractivity contribution in [2.45, 2.75) is 6.18 Å². The van der Waals surface area contributed by atoms with E-state index in [4.69, 9.17) is 4.74 Å². The number of nitrogens with one attached hydrogen (secondary N) is 2. The van der Waals surface area contributed by atoms with Crippen LogP contribution in [0.1, 0.15) is 15.9 Å². The van der Waals surface area contributed by atoms with Crippen molar-refractivity contribution in [3.8, 4) is 0 Å². The number of nitrogens with zero attached hydrogens (tertiary/aromatic N) is 1. The molecule has 0 aliphatic rings. The summed E-state index contributed by atoms with van der Waals surface area (Å²) in [6, 6.07) is 6.83. The number of carbonyl (C=O) groups is 1. The van der Waals surface area contributed by atoms with E-state index in [2.05, 4.69) is 26.6 Å². The monoisotopic (exact) mass is 461 g/mol. The Bertz CT molecular complexity index is 890. The van der Waals surface area contributed by atoms with Gasteiger partial charge in [0, 0.05) is 41.6 Å². The number of hydrogen-bond donors (Lipinski definition) is 2. The van der Waals surface area contributed by atoms with Gasteiger partial charge in [0.2, 0.25) is 0 Å². The van der Waals surface area contributed by atoms with E-state index in [1.54, 1.807) is 0 Å². The third kappa shape index (κ3) is 5.42. The minimum Gasteiger partial charge on any atom is -0.383 e. The number of methoxy groups -OCH3 is 1. The van der Waals surface area contributed by atoms with E-state index in [-0.39, 0.29) is 27.1 Å². The van der Waals surface area contributed by atoms with Crippen LogP contribution in [-0.2, 0) is 10.9 Å². The molecule has 150 valence electrons. The van der Waals surface area contributed by atoms with Crippen molar-refractivity contribution in [2.24, 2.45) is 0 Å². The lowest BCUT2D eigenvalue weighted by molar-refractivity contribution is -0.384. The summed E-state index contributed by atoms with van der Waals surface area (Å²) in [5.74, 6) is -0.793. The van der Waals surface area contributed by atoms with Crippen LogP contribution in [0.2, 0.25) is 0 Å². The second-order valence-corrected chi connectivity index (χ2v) is 6.41. The van der Waals surface area contributed by atoms with Gasteiger partial charge in [0.05, 0.1) is 22.7 Å². The first-order valence-corrected chi connectivity index (χ1v) is 8.62. The molecule has 0 radical (unpaired) electrons. The Kier molecular flexibility index (Phi) is 6.97. The molecule has 2 rings (SSSR count). The molecule has 0 aliphatic heterocycles. The van der Waals surface area contributed by atoms with Crippen molar-refractivity contribution < 1.29 is 27.6 Å². The number of hydrogen-bond acceptors (Lipinski definition) is 5. The second kappa shape index (κ2) is 9.02. The molecule has 0 atom stereocenters. The summed E-state index contributed by atoms with van der Waals surface area (Å²) in [4.78, 5) is 22.9. The van der Waals surface area contributed by atoms with Gasteiger partial charge >= 0.3 is 6.18 Å². The summed E-state index contributed by atoms with van der Waals surface area (Å²) < 4.78 is 43.8. The third-order valence-electron chi connectivity index (χ3n) is 3.61. The molecule has 11 heteroatoms. The van der Waals surface area contributed by atoms with E-state index >= 15 is 0 Å². The van der Waals surface area contributed by atoms with Crippen molar-refractivity contribution in [3.05, 3.63) is 62.1 Å². The lowest BCUT2D eigenvalue weighted by atomic mass is 10.1. The van der Waals surface area contributed by atoms with Crippen LogP contribution in [0, 0.1) is 10.1 Å². The number of amides is 1. The van der Waals surface area contributed by atoms with Gasteiger partial charge in [0.25, 0.3) is 11.6 Å². The Morgan fingerprint density at radius 1 is 1.25 bits per heavy atom. The second-order valence-electron chi connectivity index (χ2n) is 5.55. The molecule has 0 saturated carbocycles. The van der Waals surface area contributed by atoms with Crippen molar-refractivity contribution in [1.82, 2.24) is 0 Å². The van der Waals surface area contributed by atoms with Gasteiger partial charge in [-0.1, -0.05) is 15.9 Å². The lowest BCUT2D eigenvalue weighted by Gasteiger charge is -2.14. The fourth-order valence-electron chi connectivity index (χ4n) is 2.29. The van der Waals surface area contributed by atoms with Gasteiger partial charge in [-0.25, -0.2) is 0 Å². The zero-order valence-corrected chi connectivity index (χ0v) is 16.1. The van der Waals surface area contributed by atoms with Gasteiger partial charge in [-0.15, -0.1) is 0 Å². The number of halogens is 4. The number of ether oxygens (including phenoxy) is 1. The van der Waals surface area contributed by atoms with Crippen LogP contribution in [0.25, 0.3) is 0 Å². The molecule has 0 bridgehead atoms. The van der Waals surface area contributed by atoms with Gasteiger partial charge in [-0.3, -0.25) is 14.9 Å². The van der Waals surface area contributed by atoms with Crippen molar-refractivity contribution in [3.63, 3.8) is 0 Å². The molecule has 2 aromatic rings. The number of non-ortho nitro benzene ring substituents is 1. The van der Waals surface area contributed by atoms with Gasteiger partial charge < -0.3 is 15.4 Å². The standard InChI is InChI=1S/C17H15BrF3N3O4/c1-28-7-6-22-15-5-3-11(24(26)27)9-12(15)16(25)23-10-2-4-14(18)13(8-10)17(19,20)21/h2-5,8-9,22H,6-7H2,1H3,(H,23,25). The number of carbonyl (C=O) groups excluding carboxylic acids is 1. The Hall–Kier alpha value is -2.66. The zero-order chi connectivity index (χ0) is 20.9. The average Bonchev–Trinajstić information content (AvgIpc) is 2.62. The zero-order valence-electron chi connectivity index (χ0n) is 14.5. The fraction of sp³-hybridized carbons (Fsp3) is 0.235. The van der Waals surface area contributed by atoms with Crippen LogP contribution < -0.4 is 10.6 Å². The van der Waals surface area contributed by atoms with Crippen LogP contribution in [-0.4, -0.2) is 31.1 Å². The summed E-state index contributed by atoms with van der Waals surface area (Å²) in [6.45, 7) is 0.644. The highest BCUT2D eigenvalue weighted by atomic mass is 79.9. The molecule has 0 aromatic heterocycles. The van der Waals surface area contributed by atoms with E-state index in [0.29, 0.717) is 13.2 Å². The molecule has 0 heterocycles. The smallest absolute Gasteiger partial charge is 0.383 e. The summed E-state index contributed by atoms with van der Waals surface area (Å²) >= 11 is 2.82. The molecule has 0 spiro atoms. The van der Waals surface area contributed by atoms with Crippen LogP contribution in [0.15, 0.2) is 40.9 Å². The summed E-state index contributed by atoms with van der Waals surface area (Å²) in [5.41, 5.74) is -1.18. The molecule has 1 amide bonds. The van der Waals surface area contributed by atoms with E-state index in [1.165, 1.54) is 25.3 Å². The topological polar surface area (TPSA) is 93.5 Å². The molecule has 7 nitrogen and oxygen atoms in total. The quantitative estimate of drug-likeness (QED) is 0.354. The number of benzene rings is 2. The predicted molar refractivity (Wildman–Crippen MR) is 101 cm³/mol. The van der Waals surface area contributed by atoms with E-state index in [9.17, 15) is 28.1 Å². The number of anilines is 2. The molecule has 28 heavy (non-hydrogen) atoms. The normalized spacial score (nSPS) is 11.2. The van der Waals surface area contributed by atoms with Crippen LogP contribution in [0.3, 0.4) is 0 Å². The number of nitro benzene ring substituents is 1. The van der Waals surface area contributed by atoms with Crippen molar-refractivity contribution in [2.75, 3.05) is 30.9 Å². The van der Waals surface area contributed by atoms with E-state index in [0.717, 1.165) is 18.2 Å². The molecule has 2 N–H and O–H groups in total. The number of nitro groups is 1. The predicted octanol–water partition coefficient (Wildman–Crippen LogP) is 4.69. The first kappa shape index (κ1) is 21.6. The molecule has 0 aliphatic carbocycles. The van der Waals surface area contributed by atoms with Gasteiger partial charge in [-0.05, 0) is 24.3 Å². The Balaban J connectivity index is 2.34. The maximum Gasteiger partial charge on any atom is 0.417 e. The third-order valence-corrected chi connectivity index (χ3v) is 4.30. The molecule has 2 aromatic carbocycles. The van der Waals surface area contributed by atoms with Crippen molar-refractivity contribution >= 4 is 38.9 Å². The maximum absolute atomic E-state index is 13.0. The minimum absolute atomic E-state index is 0.0817. The summed E-state index contributed by atoms with van der Waals surface area (Å²) in [6.07, 6.45) is -4.61. The number of rotatable bonds is 7. The van der Waals surface area contributed by atoms with Gasteiger partial charge in [-0.2, -0.15) is 13.2 Å². The van der Waals surface area contributed by atoms with E-state index in [1.807, 2.05) is 0 Å². The largest absolute Gasteiger partial charge is 0.417 e. The van der Waals surface area contributed by atoms with Crippen LogP contribution in [0.5, 0.6) is 0 Å². The summed E-state index contributed by atoms with van der Waals surface area (Å²) in [7, 11) is 1.48. The molecule has 0 unspecified atom stereocenters. The fourth-order valence-corrected chi connectivity index (χ4v) is 2.77. The summed E-state index contributed by atoms with van der Waals surface area (Å²) in [5, 5.41) is 16.2. The highest BCUT2D eigenvalue weighted by molar-refractivity contribution is 9.10. The highest BCUT2D eigenvalue weighted by Gasteiger charge is 2.33. The van der Waals surface area contributed by atoms with Crippen LogP contribution in [0.4, 0.5) is 30.2 Å². The van der Waals surface area contributed by atoms with Crippen molar-refractivity contribution in [1.29, 1.82) is 0 Å². The van der Waals surface area contributed by atoms with Gasteiger partial charge in [0.15, 0.2) is 0 Å². The molecular weight excluding hydrogens is 447 g/mol. The molecular formula is C17H15BrF3N3O4. The Morgan fingerprint density at radius 3 is 2.57 bits per heavy atom. The average molecular weight is 462 g/mol. The van der Waals surface area contributed by atoms with Gasteiger partial charge in [0.1, 0.15) is 0 Å². The first-order chi connectivity index (χ1) is 13.1. The Morgan fingerprint density at radius 2 is 1.96 bits per heavy atom. The SMILES string of the molecule is COCCNc1ccc([N+](=O)[O-])cc1C(=O)Nc1ccc(Br)c(C(F)(F)F)c1. The molecule has 0 fully saturated rings. The van der Waals surface area contributed by atoms with E-state index < -0.39 is 22.6 Å². The maximum atomic E-state index is 13.0. The lowest BCUT2D eigenvalue weighted by Crippen LogP contribution is -2.17. The minimum atomic E-state index is -4.61. The van der Waals surface area contributed by atoms with Crippen LogP contribution >= 0.6 is 15.9 Å². The number of alkyl halides is 3. The Labute approximate surface area is 166 Å². The highest BCUT2D eigenvalue weighted by Crippen LogP contribution is 2.36. The first-order valence-electron chi connectivity index (χ1n) is 7.83. The molecule has 0 saturated heterocycles.